The van der Waals surface area contributed by atoms with E-state index in [0.29, 0.717) is 0 Å². The lowest BCUT2D eigenvalue weighted by Gasteiger charge is -2.46. The van der Waals surface area contributed by atoms with Gasteiger partial charge in [-0.25, -0.2) is 4.79 Å². The summed E-state index contributed by atoms with van der Waals surface area (Å²) in [5, 5.41) is 14.6. The van der Waals surface area contributed by atoms with Crippen LogP contribution in [0.15, 0.2) is 82.5 Å². The lowest BCUT2D eigenvalue weighted by Crippen LogP contribution is -2.69. The van der Waals surface area contributed by atoms with Crippen molar-refractivity contribution >= 4 is 24.6 Å². The third-order valence-corrected chi connectivity index (χ3v) is 13.0. The number of benzene rings is 2. The highest BCUT2D eigenvalue weighted by Crippen LogP contribution is 2.42. The Morgan fingerprint density at radius 3 is 2.09 bits per heavy atom. The maximum Gasteiger partial charge on any atom is 0.471 e. The first-order chi connectivity index (χ1) is 21.2. The summed E-state index contributed by atoms with van der Waals surface area (Å²) in [6, 6.07) is 20.6. The number of rotatable bonds is 11. The Bertz CT molecular complexity index is 1500. The number of hydrogen-bond donors (Lipinski definition) is 3. The van der Waals surface area contributed by atoms with Crippen molar-refractivity contribution in [1.82, 2.24) is 14.9 Å². The number of aliphatic hydroxyl groups is 1. The summed E-state index contributed by atoms with van der Waals surface area (Å²) in [6.07, 6.45) is -9.31. The number of halogens is 3. The van der Waals surface area contributed by atoms with Crippen molar-refractivity contribution in [3.63, 3.8) is 0 Å². The number of ether oxygens (including phenoxy) is 2. The molecule has 1 amide bonds. The molecule has 3 aromatic rings. The Labute approximate surface area is 259 Å². The molecule has 2 aromatic carbocycles. The summed E-state index contributed by atoms with van der Waals surface area (Å²) in [5.74, 6) is -2.07. The van der Waals surface area contributed by atoms with Crippen molar-refractivity contribution in [3.8, 4) is 0 Å². The molecule has 4 rings (SSSR count). The molecular formula is C31H38F3N3O7Si. The normalized spacial score (nSPS) is 21.4. The van der Waals surface area contributed by atoms with E-state index in [1.165, 1.54) is 13.3 Å². The van der Waals surface area contributed by atoms with Crippen LogP contribution in [0.2, 0.25) is 5.04 Å². The van der Waals surface area contributed by atoms with Crippen LogP contribution in [0.4, 0.5) is 13.2 Å². The first-order valence-corrected chi connectivity index (χ1v) is 16.4. The molecule has 1 aliphatic rings. The van der Waals surface area contributed by atoms with Gasteiger partial charge in [0.05, 0.1) is 6.10 Å². The molecule has 1 aliphatic heterocycles. The topological polar surface area (TPSA) is 132 Å². The highest BCUT2D eigenvalue weighted by Gasteiger charge is 2.58. The van der Waals surface area contributed by atoms with Gasteiger partial charge >= 0.3 is 17.8 Å². The highest BCUT2D eigenvalue weighted by molar-refractivity contribution is 6.99. The number of carbonyl (C=O) groups excluding carboxylic acids is 1. The average Bonchev–Trinajstić information content (AvgIpc) is 3.35. The maximum absolute atomic E-state index is 12.9. The second-order valence-corrected chi connectivity index (χ2v) is 16.2. The second-order valence-electron chi connectivity index (χ2n) is 11.9. The van der Waals surface area contributed by atoms with Crippen LogP contribution in [-0.4, -0.2) is 73.1 Å². The van der Waals surface area contributed by atoms with Gasteiger partial charge in [-0.05, 0) is 28.3 Å². The van der Waals surface area contributed by atoms with Crippen LogP contribution < -0.4 is 26.9 Å². The predicted octanol–water partition coefficient (Wildman–Crippen LogP) is 2.21. The molecule has 3 N–H and O–H groups in total. The number of aromatic amines is 1. The standard InChI is InChI=1S/C31H38F3N3O7Si/c1-30(2,3)45(20-12-7-5-8-13-20,21-14-9-6-10-15-21)44-25-24(22(38)16-11-18-35-28(40)31(32,33)34)43-27(26(25)42-4)37-19-17-23(39)36-29(37)41/h5-10,12-15,17,19,22,24-27,38H,11,16,18H2,1-4H3,(H,35,40)(H,36,39,41)/t22?,24-,25-,26-,27-/m1/s1. The minimum absolute atomic E-state index is 0.00427. The average molecular weight is 650 g/mol. The summed E-state index contributed by atoms with van der Waals surface area (Å²) < 4.78 is 58.6. The molecule has 1 fully saturated rings. The maximum atomic E-state index is 12.9. The lowest BCUT2D eigenvalue weighted by molar-refractivity contribution is -0.173. The van der Waals surface area contributed by atoms with Crippen LogP contribution in [0, 0.1) is 0 Å². The van der Waals surface area contributed by atoms with Gasteiger partial charge in [0.25, 0.3) is 13.9 Å². The number of amides is 1. The van der Waals surface area contributed by atoms with E-state index in [9.17, 15) is 32.7 Å². The van der Waals surface area contributed by atoms with E-state index in [1.807, 2.05) is 60.7 Å². The van der Waals surface area contributed by atoms with Crippen LogP contribution in [0.5, 0.6) is 0 Å². The molecule has 0 saturated carbocycles. The van der Waals surface area contributed by atoms with E-state index in [-0.39, 0.29) is 19.4 Å². The van der Waals surface area contributed by atoms with E-state index >= 15 is 0 Å². The van der Waals surface area contributed by atoms with Gasteiger partial charge in [0, 0.05) is 25.9 Å². The van der Waals surface area contributed by atoms with E-state index < -0.39 is 67.3 Å². The summed E-state index contributed by atoms with van der Waals surface area (Å²) in [4.78, 5) is 38.1. The number of alkyl halides is 3. The van der Waals surface area contributed by atoms with Crippen LogP contribution >= 0.6 is 0 Å². The Kier molecular flexibility index (Phi) is 10.5. The highest BCUT2D eigenvalue weighted by atomic mass is 28.4. The SMILES string of the molecule is CO[C@@H]1[C@H](O[Si](c2ccccc2)(c2ccccc2)C(C)(C)C)[C@@H](C(O)CCCNC(=O)C(F)(F)F)O[C@H]1n1ccc(=O)[nH]c1=O. The van der Waals surface area contributed by atoms with Crippen molar-refractivity contribution in [3.05, 3.63) is 93.8 Å². The number of nitrogens with zero attached hydrogens (tertiary/aromatic N) is 1. The largest absolute Gasteiger partial charge is 0.471 e. The van der Waals surface area contributed by atoms with Gasteiger partial charge in [-0.15, -0.1) is 0 Å². The number of methoxy groups -OCH3 is 1. The van der Waals surface area contributed by atoms with Crippen LogP contribution in [0.3, 0.4) is 0 Å². The molecule has 1 aromatic heterocycles. The third-order valence-electron chi connectivity index (χ3n) is 7.95. The van der Waals surface area contributed by atoms with Gasteiger partial charge in [0.2, 0.25) is 0 Å². The zero-order valence-electron chi connectivity index (χ0n) is 25.4. The fourth-order valence-corrected chi connectivity index (χ4v) is 10.6. The molecule has 1 unspecified atom stereocenters. The monoisotopic (exact) mass is 649 g/mol. The van der Waals surface area contributed by atoms with Gasteiger partial charge in [0.15, 0.2) is 6.23 Å². The van der Waals surface area contributed by atoms with E-state index in [2.05, 4.69) is 25.8 Å². The summed E-state index contributed by atoms with van der Waals surface area (Å²) >= 11 is 0. The van der Waals surface area contributed by atoms with E-state index in [4.69, 9.17) is 13.9 Å². The van der Waals surface area contributed by atoms with Crippen molar-refractivity contribution in [2.75, 3.05) is 13.7 Å². The van der Waals surface area contributed by atoms with E-state index in [1.54, 1.807) is 5.32 Å². The number of H-pyrrole nitrogens is 1. The zero-order chi connectivity index (χ0) is 33.0. The van der Waals surface area contributed by atoms with E-state index in [0.717, 1.165) is 21.0 Å². The summed E-state index contributed by atoms with van der Waals surface area (Å²) in [7, 11) is -1.87. The number of aromatic nitrogens is 2. The van der Waals surface area contributed by atoms with Gasteiger partial charge in [-0.1, -0.05) is 81.4 Å². The number of carbonyl (C=O) groups is 1. The number of aliphatic hydroxyl groups excluding tert-OH is 1. The number of nitrogens with one attached hydrogen (secondary N) is 2. The minimum atomic E-state index is -5.02. The van der Waals surface area contributed by atoms with Crippen molar-refractivity contribution in [2.24, 2.45) is 0 Å². The van der Waals surface area contributed by atoms with Crippen molar-refractivity contribution in [1.29, 1.82) is 0 Å². The lowest BCUT2D eigenvalue weighted by atomic mass is 10.0. The van der Waals surface area contributed by atoms with Crippen LogP contribution in [-0.2, 0) is 18.7 Å². The van der Waals surface area contributed by atoms with Gasteiger partial charge in [0.1, 0.15) is 18.3 Å². The number of hydrogen-bond acceptors (Lipinski definition) is 7. The molecule has 10 nitrogen and oxygen atoms in total. The molecule has 0 aliphatic carbocycles. The summed E-state index contributed by atoms with van der Waals surface area (Å²) in [6.45, 7) is 5.86. The van der Waals surface area contributed by atoms with Crippen molar-refractivity contribution < 1.29 is 37.0 Å². The first-order valence-electron chi connectivity index (χ1n) is 14.5. The minimum Gasteiger partial charge on any atom is -0.399 e. The summed E-state index contributed by atoms with van der Waals surface area (Å²) in [5.41, 5.74) is -1.37. The molecule has 0 radical (unpaired) electrons. The quantitative estimate of drug-likeness (QED) is 0.215. The molecule has 244 valence electrons. The molecule has 5 atom stereocenters. The first kappa shape index (κ1) is 34.3. The fraction of sp³-hybridized carbons (Fsp3) is 0.452. The Balaban J connectivity index is 1.78. The Hall–Kier alpha value is -3.56. The predicted molar refractivity (Wildman–Crippen MR) is 163 cm³/mol. The molecule has 1 saturated heterocycles. The zero-order valence-corrected chi connectivity index (χ0v) is 26.4. The van der Waals surface area contributed by atoms with Gasteiger partial charge < -0.3 is 24.3 Å². The Morgan fingerprint density at radius 2 is 1.60 bits per heavy atom. The van der Waals surface area contributed by atoms with Crippen molar-refractivity contribution in [2.45, 2.75) is 75.5 Å². The molecule has 14 heteroatoms. The molecule has 0 bridgehead atoms. The molecule has 0 spiro atoms. The van der Waals surface area contributed by atoms with Crippen LogP contribution in [0.1, 0.15) is 39.8 Å². The smallest absolute Gasteiger partial charge is 0.399 e. The van der Waals surface area contributed by atoms with Gasteiger partial charge in [-0.3, -0.25) is 19.1 Å². The fourth-order valence-electron chi connectivity index (χ4n) is 5.88. The molecule has 2 heterocycles. The molecular weight excluding hydrogens is 611 g/mol. The Morgan fingerprint density at radius 1 is 1.02 bits per heavy atom. The van der Waals surface area contributed by atoms with Crippen LogP contribution in [0.25, 0.3) is 0 Å². The molecule has 45 heavy (non-hydrogen) atoms. The second kappa shape index (κ2) is 13.8. The third kappa shape index (κ3) is 7.30. The van der Waals surface area contributed by atoms with Gasteiger partial charge in [-0.2, -0.15) is 13.2 Å².